The maximum Gasteiger partial charge on any atom is 0.323 e. The second-order valence-corrected chi connectivity index (χ2v) is 6.86. The lowest BCUT2D eigenvalue weighted by Crippen LogP contribution is -2.45. The van der Waals surface area contributed by atoms with E-state index in [1.54, 1.807) is 10.9 Å². The maximum atomic E-state index is 12.5. The number of amides is 2. The molecule has 2 amide bonds. The number of fused-ring (bicyclic) bond motifs is 2. The Labute approximate surface area is 147 Å². The second-order valence-electron chi connectivity index (χ2n) is 6.86. The predicted molar refractivity (Wildman–Crippen MR) is 97.3 cm³/mol. The number of aryl methyl sites for hydroxylation is 1. The molecule has 1 aromatic heterocycles. The molecular weight excluding hydrogens is 314 g/mol. The number of allylic oxidation sites excluding steroid dienone is 1. The van der Waals surface area contributed by atoms with E-state index in [0.717, 1.165) is 38.9 Å². The first-order valence-electron chi connectivity index (χ1n) is 8.95. The van der Waals surface area contributed by atoms with Crippen molar-refractivity contribution in [1.29, 1.82) is 0 Å². The fourth-order valence-corrected chi connectivity index (χ4v) is 3.86. The third-order valence-electron chi connectivity index (χ3n) is 5.25. The molecule has 1 aromatic carbocycles. The number of aromatic nitrogens is 3. The Hall–Kier alpha value is -2.63. The first kappa shape index (κ1) is 15.9. The van der Waals surface area contributed by atoms with Crippen molar-refractivity contribution in [2.45, 2.75) is 38.1 Å². The molecule has 1 fully saturated rings. The van der Waals surface area contributed by atoms with E-state index in [2.05, 4.69) is 59.0 Å². The van der Waals surface area contributed by atoms with Crippen LogP contribution in [0.25, 0.3) is 6.08 Å². The van der Waals surface area contributed by atoms with Gasteiger partial charge in [-0.1, -0.05) is 48.6 Å². The highest BCUT2D eigenvalue weighted by molar-refractivity contribution is 5.88. The van der Waals surface area contributed by atoms with Gasteiger partial charge < -0.3 is 4.90 Å². The molecule has 0 radical (unpaired) electrons. The summed E-state index contributed by atoms with van der Waals surface area (Å²) >= 11 is 0. The lowest BCUT2D eigenvalue weighted by atomic mass is 9.74. The molecule has 130 valence electrons. The molecule has 0 atom stereocenters. The summed E-state index contributed by atoms with van der Waals surface area (Å²) in [5, 5.41) is 10.9. The summed E-state index contributed by atoms with van der Waals surface area (Å²) in [6.45, 7) is 4.38. The lowest BCUT2D eigenvalue weighted by Gasteiger charge is -2.39. The molecule has 0 unspecified atom stereocenters. The van der Waals surface area contributed by atoms with Gasteiger partial charge in [-0.05, 0) is 30.4 Å². The Balaban J connectivity index is 1.39. The highest BCUT2D eigenvalue weighted by atomic mass is 16.2. The molecule has 6 nitrogen and oxygen atoms in total. The molecule has 0 saturated carbocycles. The molecule has 25 heavy (non-hydrogen) atoms. The van der Waals surface area contributed by atoms with E-state index in [-0.39, 0.29) is 11.4 Å². The van der Waals surface area contributed by atoms with Gasteiger partial charge in [-0.2, -0.15) is 0 Å². The zero-order chi connectivity index (χ0) is 17.3. The summed E-state index contributed by atoms with van der Waals surface area (Å²) in [4.78, 5) is 14.4. The summed E-state index contributed by atoms with van der Waals surface area (Å²) in [7, 11) is 0. The van der Waals surface area contributed by atoms with Crippen molar-refractivity contribution in [2.24, 2.45) is 0 Å². The highest BCUT2D eigenvalue weighted by Gasteiger charge is 2.38. The molecule has 1 spiro atoms. The zero-order valence-corrected chi connectivity index (χ0v) is 14.5. The van der Waals surface area contributed by atoms with E-state index in [4.69, 9.17) is 0 Å². The van der Waals surface area contributed by atoms with Gasteiger partial charge in [-0.15, -0.1) is 5.10 Å². The Kier molecular flexibility index (Phi) is 4.03. The van der Waals surface area contributed by atoms with Crippen LogP contribution in [0.1, 0.15) is 37.3 Å². The molecule has 0 bridgehead atoms. The number of carbonyl (C=O) groups is 1. The second kappa shape index (κ2) is 6.35. The number of hydrogen-bond donors (Lipinski definition) is 1. The smallest absolute Gasteiger partial charge is 0.323 e. The number of nitrogens with one attached hydrogen (secondary N) is 1. The summed E-state index contributed by atoms with van der Waals surface area (Å²) < 4.78 is 1.75. The molecule has 4 rings (SSSR count). The van der Waals surface area contributed by atoms with Crippen molar-refractivity contribution in [1.82, 2.24) is 19.9 Å². The van der Waals surface area contributed by atoms with Crippen LogP contribution in [0.2, 0.25) is 0 Å². The highest BCUT2D eigenvalue weighted by Crippen LogP contribution is 2.43. The molecule has 6 heteroatoms. The minimum atomic E-state index is -0.0892. The van der Waals surface area contributed by atoms with Crippen LogP contribution in [0.3, 0.4) is 0 Å². The van der Waals surface area contributed by atoms with Crippen LogP contribution in [0.5, 0.6) is 0 Å². The van der Waals surface area contributed by atoms with Crippen LogP contribution >= 0.6 is 0 Å². The van der Waals surface area contributed by atoms with Crippen molar-refractivity contribution in [3.05, 3.63) is 47.7 Å². The number of piperidine rings is 1. The van der Waals surface area contributed by atoms with E-state index in [1.807, 2.05) is 4.90 Å². The van der Waals surface area contributed by atoms with Crippen molar-refractivity contribution < 1.29 is 4.79 Å². The molecule has 2 aromatic rings. The molecular formula is C19H23N5O. The summed E-state index contributed by atoms with van der Waals surface area (Å²) in [6.07, 6.45) is 9.22. The first-order chi connectivity index (χ1) is 12.2. The van der Waals surface area contributed by atoms with Crippen LogP contribution in [-0.4, -0.2) is 39.0 Å². The van der Waals surface area contributed by atoms with Gasteiger partial charge in [-0.25, -0.2) is 4.79 Å². The standard InChI is InChI=1S/C19H23N5O/c1-2-11-24-14-17(21-22-24)20-18(25)23-12-9-19(10-13-23)8-7-15-5-3-4-6-16(15)19/h3-8,14H,2,9-13H2,1H3,(H,20,25). The van der Waals surface area contributed by atoms with E-state index >= 15 is 0 Å². The average molecular weight is 337 g/mol. The molecule has 2 aliphatic rings. The minimum Gasteiger partial charge on any atom is -0.324 e. The minimum absolute atomic E-state index is 0.0892. The maximum absolute atomic E-state index is 12.5. The Morgan fingerprint density at radius 3 is 2.88 bits per heavy atom. The molecule has 2 heterocycles. The van der Waals surface area contributed by atoms with Gasteiger partial charge in [0.05, 0.1) is 6.20 Å². The number of carbonyl (C=O) groups excluding carboxylic acids is 1. The van der Waals surface area contributed by atoms with Crippen LogP contribution in [0.15, 0.2) is 36.5 Å². The van der Waals surface area contributed by atoms with Crippen molar-refractivity contribution in [2.75, 3.05) is 18.4 Å². The summed E-state index contributed by atoms with van der Waals surface area (Å²) in [5.74, 6) is 0.518. The van der Waals surface area contributed by atoms with E-state index in [9.17, 15) is 4.79 Å². The predicted octanol–water partition coefficient (Wildman–Crippen LogP) is 3.28. The van der Waals surface area contributed by atoms with Gasteiger partial charge in [0.2, 0.25) is 0 Å². The quantitative estimate of drug-likeness (QED) is 0.935. The van der Waals surface area contributed by atoms with E-state index in [0.29, 0.717) is 5.82 Å². The van der Waals surface area contributed by atoms with E-state index < -0.39 is 0 Å². The van der Waals surface area contributed by atoms with Gasteiger partial charge in [0, 0.05) is 25.0 Å². The monoisotopic (exact) mass is 337 g/mol. The fraction of sp³-hybridized carbons (Fsp3) is 0.421. The number of likely N-dealkylation sites (tertiary alicyclic amines) is 1. The van der Waals surface area contributed by atoms with E-state index in [1.165, 1.54) is 11.1 Å². The zero-order valence-electron chi connectivity index (χ0n) is 14.5. The molecule has 1 aliphatic carbocycles. The lowest BCUT2D eigenvalue weighted by molar-refractivity contribution is 0.182. The van der Waals surface area contributed by atoms with Crippen LogP contribution in [0.4, 0.5) is 10.6 Å². The number of benzene rings is 1. The SMILES string of the molecule is CCCn1cc(NC(=O)N2CCC3(C=Cc4ccccc43)CC2)nn1. The first-order valence-corrected chi connectivity index (χ1v) is 8.95. The number of anilines is 1. The summed E-state index contributed by atoms with van der Waals surface area (Å²) in [5.41, 5.74) is 2.81. The van der Waals surface area contributed by atoms with Crippen molar-refractivity contribution in [3.63, 3.8) is 0 Å². The topological polar surface area (TPSA) is 63.1 Å². The number of hydrogen-bond acceptors (Lipinski definition) is 3. The normalized spacial score (nSPS) is 17.7. The Morgan fingerprint density at radius 2 is 2.08 bits per heavy atom. The Bertz CT molecular complexity index is 802. The largest absolute Gasteiger partial charge is 0.324 e. The number of rotatable bonds is 3. The molecule has 1 N–H and O–H groups in total. The molecule has 1 saturated heterocycles. The number of nitrogens with zero attached hydrogens (tertiary/aromatic N) is 4. The van der Waals surface area contributed by atoms with Gasteiger partial charge in [0.15, 0.2) is 5.82 Å². The van der Waals surface area contributed by atoms with Gasteiger partial charge in [0.1, 0.15) is 0 Å². The summed E-state index contributed by atoms with van der Waals surface area (Å²) in [6, 6.07) is 8.48. The van der Waals surface area contributed by atoms with Crippen LogP contribution < -0.4 is 5.32 Å². The third kappa shape index (κ3) is 2.92. The average Bonchev–Trinajstić information content (AvgIpc) is 3.22. The number of urea groups is 1. The van der Waals surface area contributed by atoms with Crippen molar-refractivity contribution in [3.8, 4) is 0 Å². The van der Waals surface area contributed by atoms with Crippen LogP contribution in [0, 0.1) is 0 Å². The Morgan fingerprint density at radius 1 is 1.28 bits per heavy atom. The third-order valence-corrected chi connectivity index (χ3v) is 5.25. The fourth-order valence-electron chi connectivity index (χ4n) is 3.86. The van der Waals surface area contributed by atoms with Gasteiger partial charge in [-0.3, -0.25) is 10.00 Å². The van der Waals surface area contributed by atoms with Crippen LogP contribution in [-0.2, 0) is 12.0 Å². The van der Waals surface area contributed by atoms with Gasteiger partial charge in [0.25, 0.3) is 0 Å². The van der Waals surface area contributed by atoms with Crippen molar-refractivity contribution >= 4 is 17.9 Å². The molecule has 1 aliphatic heterocycles. The van der Waals surface area contributed by atoms with Gasteiger partial charge >= 0.3 is 6.03 Å².